The summed E-state index contributed by atoms with van der Waals surface area (Å²) in [7, 11) is 2.40. The molecule has 0 aliphatic heterocycles. The molecule has 0 unspecified atom stereocenters. The molecular weight excluding hydrogens is 359 g/mol. The van der Waals surface area contributed by atoms with Gasteiger partial charge in [-0.2, -0.15) is 6.54 Å². The summed E-state index contributed by atoms with van der Waals surface area (Å²) < 4.78 is 15.4. The van der Waals surface area contributed by atoms with E-state index in [4.69, 9.17) is 19.0 Å². The predicted octanol–water partition coefficient (Wildman–Crippen LogP) is 1.30. The van der Waals surface area contributed by atoms with Crippen LogP contribution in [0, 0.1) is 0 Å². The Kier molecular flexibility index (Phi) is 10.7. The molecule has 0 amide bonds. The topological polar surface area (TPSA) is 51.5 Å². The molecule has 0 aromatic rings. The van der Waals surface area contributed by atoms with Crippen LogP contribution in [-0.4, -0.2) is 36.7 Å². The molecular formula is C6H16AuNO3Si. The van der Waals surface area contributed by atoms with Crippen LogP contribution in [-0.2, 0) is 35.7 Å². The number of nitrogens with one attached hydrogen (secondary N) is 1. The second-order valence-corrected chi connectivity index (χ2v) is 5.24. The average molecular weight is 375 g/mol. The van der Waals surface area contributed by atoms with Crippen LogP contribution in [0.4, 0.5) is 0 Å². The van der Waals surface area contributed by atoms with Crippen molar-refractivity contribution in [2.24, 2.45) is 0 Å². The van der Waals surface area contributed by atoms with E-state index in [0.29, 0.717) is 6.54 Å². The van der Waals surface area contributed by atoms with Crippen LogP contribution in [0.15, 0.2) is 0 Å². The molecule has 0 spiro atoms. The molecule has 0 saturated heterocycles. The normalized spacial score (nSPS) is 11.0. The van der Waals surface area contributed by atoms with E-state index < -0.39 is 8.80 Å². The third kappa shape index (κ3) is 4.73. The smallest absolute Gasteiger partial charge is 0.677 e. The Labute approximate surface area is 90.6 Å². The molecule has 0 bridgehead atoms. The Morgan fingerprint density at radius 1 is 1.08 bits per heavy atom. The minimum Gasteiger partial charge on any atom is -0.677 e. The quantitative estimate of drug-likeness (QED) is 0.658. The molecule has 78 valence electrons. The predicted molar refractivity (Wildman–Crippen MR) is 45.4 cm³/mol. The van der Waals surface area contributed by atoms with Gasteiger partial charge in [0.25, 0.3) is 0 Å². The zero-order valence-electron chi connectivity index (χ0n) is 7.65. The minimum absolute atomic E-state index is 0. The third-order valence-electron chi connectivity index (χ3n) is 1.59. The van der Waals surface area contributed by atoms with Crippen LogP contribution in [0.1, 0.15) is 6.42 Å². The van der Waals surface area contributed by atoms with E-state index in [1.807, 2.05) is 0 Å². The van der Waals surface area contributed by atoms with Crippen molar-refractivity contribution < 1.29 is 35.7 Å². The van der Waals surface area contributed by atoms with Gasteiger partial charge in [0.1, 0.15) is 0 Å². The fraction of sp³-hybridized carbons (Fsp3) is 1.00. The van der Waals surface area contributed by atoms with Gasteiger partial charge in [0.15, 0.2) is 0 Å². The molecule has 0 aliphatic rings. The molecule has 0 saturated carbocycles. The molecule has 0 fully saturated rings. The van der Waals surface area contributed by atoms with Gasteiger partial charge in [-0.1, -0.05) is 6.42 Å². The average Bonchev–Trinajstić information content (AvgIpc) is 2.08. The summed E-state index contributed by atoms with van der Waals surface area (Å²) >= 11 is 0. The molecule has 0 radical (unpaired) electrons. The van der Waals surface area contributed by atoms with Gasteiger partial charge in [-0.15, -0.1) is 0 Å². The summed E-state index contributed by atoms with van der Waals surface area (Å²) in [5, 5.41) is 0. The maximum Gasteiger partial charge on any atom is 1.00 e. The van der Waals surface area contributed by atoms with E-state index in [1.54, 1.807) is 21.3 Å². The molecule has 0 heterocycles. The van der Waals surface area contributed by atoms with Crippen molar-refractivity contribution in [1.82, 2.24) is 0 Å². The summed E-state index contributed by atoms with van der Waals surface area (Å²) in [6, 6.07) is 0.722. The summed E-state index contributed by atoms with van der Waals surface area (Å²) in [6.07, 6.45) is 0.766. The molecule has 1 N–H and O–H groups in total. The zero-order valence-corrected chi connectivity index (χ0v) is 10.8. The fourth-order valence-electron chi connectivity index (χ4n) is 0.861. The Hall–Kier alpha value is 0.797. The van der Waals surface area contributed by atoms with E-state index in [1.165, 1.54) is 0 Å². The van der Waals surface area contributed by atoms with Crippen LogP contribution in [0.5, 0.6) is 0 Å². The summed E-state index contributed by atoms with van der Waals surface area (Å²) in [5.74, 6) is 0. The first-order chi connectivity index (χ1) is 5.24. The Balaban J connectivity index is 0. The van der Waals surface area contributed by atoms with Gasteiger partial charge in [-0.3, -0.25) is 0 Å². The molecule has 0 rings (SSSR count). The van der Waals surface area contributed by atoms with Crippen molar-refractivity contribution in [3.63, 3.8) is 0 Å². The van der Waals surface area contributed by atoms with E-state index in [0.717, 1.165) is 12.5 Å². The molecule has 4 nitrogen and oxygen atoms in total. The van der Waals surface area contributed by atoms with Gasteiger partial charge in [0, 0.05) is 27.4 Å². The van der Waals surface area contributed by atoms with E-state index in [-0.39, 0.29) is 22.4 Å². The largest absolute Gasteiger partial charge is 1.00 e. The van der Waals surface area contributed by atoms with Crippen molar-refractivity contribution in [3.05, 3.63) is 5.73 Å². The molecule has 0 aromatic heterocycles. The van der Waals surface area contributed by atoms with Crippen molar-refractivity contribution in [2.75, 3.05) is 27.9 Å². The van der Waals surface area contributed by atoms with Gasteiger partial charge < -0.3 is 19.0 Å². The van der Waals surface area contributed by atoms with Crippen LogP contribution in [0.25, 0.3) is 5.73 Å². The maximum atomic E-state index is 6.96. The monoisotopic (exact) mass is 375 g/mol. The van der Waals surface area contributed by atoms with Gasteiger partial charge in [0.05, 0.1) is 0 Å². The van der Waals surface area contributed by atoms with E-state index in [9.17, 15) is 0 Å². The number of hydrogen-bond acceptors (Lipinski definition) is 3. The van der Waals surface area contributed by atoms with Crippen molar-refractivity contribution in [1.29, 1.82) is 0 Å². The summed E-state index contributed by atoms with van der Waals surface area (Å²) in [5.41, 5.74) is 6.96. The first-order valence-corrected chi connectivity index (χ1v) is 5.48. The van der Waals surface area contributed by atoms with Crippen molar-refractivity contribution >= 4 is 8.80 Å². The Morgan fingerprint density at radius 3 is 1.75 bits per heavy atom. The number of rotatable bonds is 6. The Bertz CT molecular complexity index is 94.5. The molecule has 0 aliphatic carbocycles. The second kappa shape index (κ2) is 8.40. The summed E-state index contributed by atoms with van der Waals surface area (Å²) in [6.45, 7) is 0.394. The van der Waals surface area contributed by atoms with E-state index in [2.05, 4.69) is 0 Å². The SMILES string of the molecule is CO[Si](CCC[NH-])(OC)OC.[Au+]. The second-order valence-electron chi connectivity index (χ2n) is 2.15. The molecule has 12 heavy (non-hydrogen) atoms. The zero-order chi connectivity index (χ0) is 8.74. The van der Waals surface area contributed by atoms with Gasteiger partial charge in [-0.25, -0.2) is 0 Å². The van der Waals surface area contributed by atoms with Gasteiger partial charge in [0.2, 0.25) is 0 Å². The minimum atomic E-state index is -2.36. The first-order valence-electron chi connectivity index (χ1n) is 3.54. The standard InChI is InChI=1S/C6H16NO3Si.Au/c1-8-11(9-2,10-3)6-4-5-7;/h7H,4-6H2,1-3H3;/q-1;+1. The van der Waals surface area contributed by atoms with E-state index >= 15 is 0 Å². The van der Waals surface area contributed by atoms with Crippen LogP contribution >= 0.6 is 0 Å². The van der Waals surface area contributed by atoms with Crippen molar-refractivity contribution in [2.45, 2.75) is 12.5 Å². The molecule has 6 heteroatoms. The molecule has 0 atom stereocenters. The van der Waals surface area contributed by atoms with Crippen molar-refractivity contribution in [3.8, 4) is 0 Å². The maximum absolute atomic E-state index is 6.96. The fourth-order valence-corrected chi connectivity index (χ4v) is 2.58. The third-order valence-corrected chi connectivity index (χ3v) is 4.42. The summed E-state index contributed by atoms with van der Waals surface area (Å²) in [4.78, 5) is 0. The Morgan fingerprint density at radius 2 is 1.50 bits per heavy atom. The first kappa shape index (κ1) is 15.3. The van der Waals surface area contributed by atoms with Crippen LogP contribution in [0.2, 0.25) is 6.04 Å². The number of hydrogen-bond donors (Lipinski definition) is 0. The van der Waals surface area contributed by atoms with Gasteiger partial charge >= 0.3 is 31.2 Å². The molecule has 0 aromatic carbocycles. The van der Waals surface area contributed by atoms with Crippen LogP contribution in [0.3, 0.4) is 0 Å². The van der Waals surface area contributed by atoms with Gasteiger partial charge in [-0.05, 0) is 0 Å². The van der Waals surface area contributed by atoms with Crippen LogP contribution < -0.4 is 0 Å².